The summed E-state index contributed by atoms with van der Waals surface area (Å²) in [5.74, 6) is -0.574. The van der Waals surface area contributed by atoms with Gasteiger partial charge in [0, 0.05) is 17.0 Å². The molecular formula is C16H16N2O5S2. The number of nitro groups is 1. The van der Waals surface area contributed by atoms with E-state index >= 15 is 0 Å². The molecule has 0 unspecified atom stereocenters. The van der Waals surface area contributed by atoms with Gasteiger partial charge in [0.05, 0.1) is 16.9 Å². The maximum atomic E-state index is 12.3. The van der Waals surface area contributed by atoms with Crippen molar-refractivity contribution in [3.05, 3.63) is 50.5 Å². The third kappa shape index (κ3) is 3.14. The molecule has 2 aliphatic heterocycles. The number of aliphatic hydroxyl groups is 1. The molecule has 1 amide bonds. The van der Waals surface area contributed by atoms with Gasteiger partial charge in [-0.25, -0.2) is 0 Å². The number of ether oxygens (including phenoxy) is 1. The fourth-order valence-electron chi connectivity index (χ4n) is 2.87. The zero-order valence-corrected chi connectivity index (χ0v) is 15.2. The second-order valence-electron chi connectivity index (χ2n) is 5.89. The van der Waals surface area contributed by atoms with Crippen molar-refractivity contribution >= 4 is 40.6 Å². The number of non-ortho nitro benzene ring substituents is 1. The summed E-state index contributed by atoms with van der Waals surface area (Å²) in [5.41, 5.74) is 1.33. The summed E-state index contributed by atoms with van der Waals surface area (Å²) in [6.07, 6.45) is -0.706. The van der Waals surface area contributed by atoms with Gasteiger partial charge in [0.2, 0.25) is 11.0 Å². The molecule has 2 aliphatic rings. The fraction of sp³-hybridized carbons (Fsp3) is 0.375. The van der Waals surface area contributed by atoms with E-state index in [2.05, 4.69) is 0 Å². The molecule has 0 spiro atoms. The molecule has 0 aliphatic carbocycles. The van der Waals surface area contributed by atoms with E-state index in [1.165, 1.54) is 23.9 Å². The summed E-state index contributed by atoms with van der Waals surface area (Å²) in [7, 11) is 0. The van der Waals surface area contributed by atoms with Gasteiger partial charge < -0.3 is 9.84 Å². The first-order valence-electron chi connectivity index (χ1n) is 7.60. The van der Waals surface area contributed by atoms with Crippen molar-refractivity contribution in [1.82, 2.24) is 4.90 Å². The minimum absolute atomic E-state index is 0.00950. The average molecular weight is 380 g/mol. The number of β-lactam (4-membered cyclic amide) rings is 1. The van der Waals surface area contributed by atoms with Gasteiger partial charge in [0.25, 0.3) is 5.69 Å². The summed E-state index contributed by atoms with van der Waals surface area (Å²) in [5, 5.41) is 20.5. The van der Waals surface area contributed by atoms with Crippen LogP contribution in [0.2, 0.25) is 0 Å². The number of nitrogens with zero attached hydrogens (tertiary/aromatic N) is 2. The van der Waals surface area contributed by atoms with Crippen LogP contribution in [0.3, 0.4) is 0 Å². The highest BCUT2D eigenvalue weighted by atomic mass is 32.2. The van der Waals surface area contributed by atoms with Crippen molar-refractivity contribution in [2.45, 2.75) is 31.9 Å². The molecule has 0 radical (unpaired) electrons. The Morgan fingerprint density at radius 2 is 2.12 bits per heavy atom. The van der Waals surface area contributed by atoms with Gasteiger partial charge in [0.1, 0.15) is 17.7 Å². The number of thiocarbonyl (C=S) groups is 1. The molecule has 7 nitrogen and oxygen atoms in total. The molecular weight excluding hydrogens is 364 g/mol. The third-order valence-electron chi connectivity index (χ3n) is 4.19. The number of rotatable bonds is 5. The smallest absolute Gasteiger partial charge is 0.269 e. The van der Waals surface area contributed by atoms with Crippen LogP contribution in [-0.2, 0) is 16.1 Å². The van der Waals surface area contributed by atoms with Gasteiger partial charge >= 0.3 is 0 Å². The van der Waals surface area contributed by atoms with E-state index in [0.717, 1.165) is 10.5 Å². The number of hydrogen-bond donors (Lipinski definition) is 1. The molecule has 2 heterocycles. The monoisotopic (exact) mass is 380 g/mol. The van der Waals surface area contributed by atoms with Crippen LogP contribution in [0.4, 0.5) is 5.69 Å². The standard InChI is InChI=1S/C16H16N2O5S2/c1-8(19)12-14(20)17-13(9(2)25-15(12)17)16(24)23-7-10-3-5-11(6-4-10)18(21)22/h3-6,8,12,15,19H,7H2,1-2H3/t8-,12+,15+/m0/s1. The summed E-state index contributed by atoms with van der Waals surface area (Å²) in [4.78, 5) is 24.9. The van der Waals surface area contributed by atoms with E-state index in [1.807, 2.05) is 6.92 Å². The second kappa shape index (κ2) is 6.74. The van der Waals surface area contributed by atoms with Crippen LogP contribution in [0.5, 0.6) is 0 Å². The van der Waals surface area contributed by atoms with Crippen molar-refractivity contribution in [3.8, 4) is 0 Å². The lowest BCUT2D eigenvalue weighted by molar-refractivity contribution is -0.384. The summed E-state index contributed by atoms with van der Waals surface area (Å²) >= 11 is 6.82. The minimum Gasteiger partial charge on any atom is -0.477 e. The number of amides is 1. The molecule has 25 heavy (non-hydrogen) atoms. The molecule has 1 aromatic rings. The number of carbonyl (C=O) groups excluding carboxylic acids is 1. The number of carbonyl (C=O) groups is 1. The fourth-order valence-corrected chi connectivity index (χ4v) is 4.72. The van der Waals surface area contributed by atoms with Gasteiger partial charge in [-0.1, -0.05) is 0 Å². The molecule has 132 valence electrons. The summed E-state index contributed by atoms with van der Waals surface area (Å²) < 4.78 is 5.61. The second-order valence-corrected chi connectivity index (χ2v) is 7.59. The highest BCUT2D eigenvalue weighted by molar-refractivity contribution is 8.04. The Morgan fingerprint density at radius 3 is 2.68 bits per heavy atom. The zero-order chi connectivity index (χ0) is 18.3. The summed E-state index contributed by atoms with van der Waals surface area (Å²) in [6, 6.07) is 6.01. The molecule has 9 heteroatoms. The van der Waals surface area contributed by atoms with E-state index in [1.54, 1.807) is 24.0 Å². The Kier molecular flexibility index (Phi) is 4.81. The van der Waals surface area contributed by atoms with E-state index in [4.69, 9.17) is 17.0 Å². The Balaban J connectivity index is 1.65. The number of allylic oxidation sites excluding steroid dienone is 1. The highest BCUT2D eigenvalue weighted by Gasteiger charge is 2.56. The van der Waals surface area contributed by atoms with Crippen LogP contribution >= 0.6 is 24.0 Å². The number of benzene rings is 1. The molecule has 0 saturated carbocycles. The first kappa shape index (κ1) is 17.8. The Hall–Kier alpha value is -1.97. The first-order chi connectivity index (χ1) is 11.8. The number of nitro benzene ring substituents is 1. The number of thioether (sulfide) groups is 1. The van der Waals surface area contributed by atoms with Crippen molar-refractivity contribution in [3.63, 3.8) is 0 Å². The normalized spacial score (nSPS) is 23.2. The molecule has 1 N–H and O–H groups in total. The molecule has 3 atom stereocenters. The number of fused-ring (bicyclic) bond motifs is 1. The van der Waals surface area contributed by atoms with Crippen LogP contribution in [0, 0.1) is 16.0 Å². The Bertz CT molecular complexity index is 775. The largest absolute Gasteiger partial charge is 0.477 e. The lowest BCUT2D eigenvalue weighted by Gasteiger charge is -2.44. The van der Waals surface area contributed by atoms with Crippen LogP contribution < -0.4 is 0 Å². The summed E-state index contributed by atoms with van der Waals surface area (Å²) in [6.45, 7) is 3.63. The molecule has 0 bridgehead atoms. The maximum Gasteiger partial charge on any atom is 0.269 e. The van der Waals surface area contributed by atoms with Gasteiger partial charge in [0.15, 0.2) is 0 Å². The molecule has 1 saturated heterocycles. The van der Waals surface area contributed by atoms with Crippen LogP contribution in [0.1, 0.15) is 19.4 Å². The maximum absolute atomic E-state index is 12.3. The van der Waals surface area contributed by atoms with E-state index in [-0.39, 0.29) is 28.6 Å². The van der Waals surface area contributed by atoms with Gasteiger partial charge in [-0.15, -0.1) is 11.8 Å². The van der Waals surface area contributed by atoms with E-state index in [9.17, 15) is 20.0 Å². The first-order valence-corrected chi connectivity index (χ1v) is 8.89. The Labute approximate surface area is 153 Å². The van der Waals surface area contributed by atoms with Gasteiger partial charge in [-0.3, -0.25) is 19.8 Å². The quantitative estimate of drug-likeness (QED) is 0.363. The lowest BCUT2D eigenvalue weighted by atomic mass is 9.92. The minimum atomic E-state index is -0.706. The SMILES string of the molecule is CC1=C(C(=S)OCc2ccc([N+](=O)[O-])cc2)N2C(=O)[C@@H]([C@H](C)O)[C@H]2S1. The highest BCUT2D eigenvalue weighted by Crippen LogP contribution is 2.50. The third-order valence-corrected chi connectivity index (χ3v) is 5.79. The predicted octanol–water partition coefficient (Wildman–Crippen LogP) is 2.58. The Morgan fingerprint density at radius 1 is 1.48 bits per heavy atom. The molecule has 3 rings (SSSR count). The average Bonchev–Trinajstić information content (AvgIpc) is 2.85. The van der Waals surface area contributed by atoms with Gasteiger partial charge in [-0.05, 0) is 43.8 Å². The van der Waals surface area contributed by atoms with Gasteiger partial charge in [-0.2, -0.15) is 0 Å². The van der Waals surface area contributed by atoms with E-state index < -0.39 is 16.9 Å². The number of aliphatic hydroxyl groups excluding tert-OH is 1. The zero-order valence-electron chi connectivity index (χ0n) is 13.5. The van der Waals surface area contributed by atoms with Crippen molar-refractivity contribution in [1.29, 1.82) is 0 Å². The van der Waals surface area contributed by atoms with Crippen molar-refractivity contribution < 1.29 is 19.6 Å². The topological polar surface area (TPSA) is 92.9 Å². The van der Waals surface area contributed by atoms with Crippen LogP contribution in [0.25, 0.3) is 0 Å². The lowest BCUT2D eigenvalue weighted by Crippen LogP contribution is -2.60. The van der Waals surface area contributed by atoms with Crippen molar-refractivity contribution in [2.24, 2.45) is 5.92 Å². The number of hydrogen-bond acceptors (Lipinski definition) is 7. The van der Waals surface area contributed by atoms with Crippen molar-refractivity contribution in [2.75, 3.05) is 0 Å². The molecule has 0 aromatic heterocycles. The van der Waals surface area contributed by atoms with Crippen LogP contribution in [0.15, 0.2) is 34.9 Å². The predicted molar refractivity (Wildman–Crippen MR) is 96.6 cm³/mol. The molecule has 1 fully saturated rings. The van der Waals surface area contributed by atoms with Crippen LogP contribution in [-0.4, -0.2) is 37.4 Å². The molecule has 1 aromatic carbocycles. The van der Waals surface area contributed by atoms with E-state index in [0.29, 0.717) is 5.70 Å².